The van der Waals surface area contributed by atoms with Crippen LogP contribution in [-0.4, -0.2) is 21.9 Å². The summed E-state index contributed by atoms with van der Waals surface area (Å²) < 4.78 is 0. The van der Waals surface area contributed by atoms with Crippen molar-refractivity contribution >= 4 is 40.5 Å². The highest BCUT2D eigenvalue weighted by molar-refractivity contribution is 6.32. The molecule has 0 saturated heterocycles. The van der Waals surface area contributed by atoms with Crippen LogP contribution in [0.25, 0.3) is 0 Å². The molecule has 1 amide bonds. The molecule has 0 aliphatic carbocycles. The van der Waals surface area contributed by atoms with E-state index in [1.54, 1.807) is 6.07 Å². The first-order valence-corrected chi connectivity index (χ1v) is 7.65. The second kappa shape index (κ2) is 8.46. The van der Waals surface area contributed by atoms with Crippen molar-refractivity contribution in [3.8, 4) is 6.07 Å². The number of nitro benzene ring substituents is 1. The lowest BCUT2D eigenvalue weighted by Crippen LogP contribution is -2.15. The minimum Gasteiger partial charge on any atom is -0.478 e. The van der Waals surface area contributed by atoms with Crippen molar-refractivity contribution in [1.82, 2.24) is 0 Å². The Hall–Kier alpha value is -3.90. The fourth-order valence-electron chi connectivity index (χ4n) is 1.97. The summed E-state index contributed by atoms with van der Waals surface area (Å²) in [5.41, 5.74) is -0.235. The number of aromatic carboxylic acids is 1. The number of carbonyl (C=O) groups excluding carboxylic acids is 1. The molecule has 0 heterocycles. The number of hydrogen-bond donors (Lipinski definition) is 3. The van der Waals surface area contributed by atoms with E-state index in [1.807, 2.05) is 0 Å². The number of carboxylic acids is 1. The zero-order chi connectivity index (χ0) is 20.0. The number of benzene rings is 2. The Balaban J connectivity index is 2.16. The molecule has 136 valence electrons. The topological polar surface area (TPSA) is 145 Å². The van der Waals surface area contributed by atoms with E-state index in [1.165, 1.54) is 36.4 Å². The van der Waals surface area contributed by atoms with Gasteiger partial charge >= 0.3 is 5.97 Å². The number of amides is 1. The molecule has 0 aliphatic rings. The molecule has 2 aromatic carbocycles. The van der Waals surface area contributed by atoms with Crippen LogP contribution in [0.5, 0.6) is 0 Å². The van der Waals surface area contributed by atoms with Gasteiger partial charge in [-0.25, -0.2) is 4.79 Å². The lowest BCUT2D eigenvalue weighted by atomic mass is 10.2. The number of nitro groups is 1. The molecule has 2 rings (SSSR count). The maximum Gasteiger partial charge on any atom is 0.335 e. The van der Waals surface area contributed by atoms with E-state index in [4.69, 9.17) is 22.0 Å². The van der Waals surface area contributed by atoms with Gasteiger partial charge in [-0.2, -0.15) is 5.26 Å². The van der Waals surface area contributed by atoms with Gasteiger partial charge in [-0.3, -0.25) is 14.9 Å². The molecule has 10 heteroatoms. The van der Waals surface area contributed by atoms with Gasteiger partial charge in [0.25, 0.3) is 11.6 Å². The van der Waals surface area contributed by atoms with Crippen LogP contribution in [0.2, 0.25) is 5.02 Å². The molecule has 9 nitrogen and oxygen atoms in total. The summed E-state index contributed by atoms with van der Waals surface area (Å²) in [5.74, 6) is -1.94. The fourth-order valence-corrected chi connectivity index (χ4v) is 2.16. The van der Waals surface area contributed by atoms with Crippen LogP contribution >= 0.6 is 11.6 Å². The summed E-state index contributed by atoms with van der Waals surface area (Å²) >= 11 is 5.71. The third kappa shape index (κ3) is 5.04. The number of carbonyl (C=O) groups is 2. The van der Waals surface area contributed by atoms with Crippen molar-refractivity contribution in [2.45, 2.75) is 0 Å². The van der Waals surface area contributed by atoms with Crippen molar-refractivity contribution in [3.05, 3.63) is 74.9 Å². The molecule has 0 saturated carbocycles. The molecule has 0 atom stereocenters. The van der Waals surface area contributed by atoms with Gasteiger partial charge in [0.2, 0.25) is 0 Å². The highest BCUT2D eigenvalue weighted by Gasteiger charge is 2.14. The van der Waals surface area contributed by atoms with E-state index in [2.05, 4.69) is 10.6 Å². The van der Waals surface area contributed by atoms with Crippen molar-refractivity contribution in [3.63, 3.8) is 0 Å². The van der Waals surface area contributed by atoms with E-state index < -0.39 is 16.8 Å². The molecule has 2 aromatic rings. The van der Waals surface area contributed by atoms with Crippen molar-refractivity contribution < 1.29 is 19.6 Å². The second-order valence-corrected chi connectivity index (χ2v) is 5.48. The summed E-state index contributed by atoms with van der Waals surface area (Å²) in [6.07, 6.45) is 1.07. The molecule has 27 heavy (non-hydrogen) atoms. The van der Waals surface area contributed by atoms with E-state index in [9.17, 15) is 19.7 Å². The molecule has 0 aliphatic heterocycles. The largest absolute Gasteiger partial charge is 0.478 e. The lowest BCUT2D eigenvalue weighted by Gasteiger charge is -2.06. The van der Waals surface area contributed by atoms with Crippen LogP contribution in [0.1, 0.15) is 10.4 Å². The summed E-state index contributed by atoms with van der Waals surface area (Å²) in [4.78, 5) is 33.3. The summed E-state index contributed by atoms with van der Waals surface area (Å²) in [6, 6.07) is 11.1. The van der Waals surface area contributed by atoms with Gasteiger partial charge in [0.05, 0.1) is 10.5 Å². The van der Waals surface area contributed by atoms with Crippen LogP contribution in [0.3, 0.4) is 0 Å². The van der Waals surface area contributed by atoms with Gasteiger partial charge in [-0.15, -0.1) is 0 Å². The predicted molar refractivity (Wildman–Crippen MR) is 97.5 cm³/mol. The molecule has 0 aromatic heterocycles. The maximum atomic E-state index is 12.2. The highest BCUT2D eigenvalue weighted by atomic mass is 35.5. The van der Waals surface area contributed by atoms with Gasteiger partial charge in [-0.05, 0) is 30.3 Å². The first-order valence-electron chi connectivity index (χ1n) is 7.27. The first kappa shape index (κ1) is 19.4. The molecule has 3 N–H and O–H groups in total. The van der Waals surface area contributed by atoms with Crippen molar-refractivity contribution in [2.75, 3.05) is 10.6 Å². The number of nitrogens with one attached hydrogen (secondary N) is 2. The van der Waals surface area contributed by atoms with Crippen LogP contribution in [0, 0.1) is 21.4 Å². The minimum absolute atomic E-state index is 0.0260. The van der Waals surface area contributed by atoms with Crippen LogP contribution in [-0.2, 0) is 4.79 Å². The van der Waals surface area contributed by atoms with Gasteiger partial charge < -0.3 is 15.7 Å². The average Bonchev–Trinajstić information content (AvgIpc) is 2.63. The predicted octanol–water partition coefficient (Wildman–Crippen LogP) is 3.40. The van der Waals surface area contributed by atoms with Gasteiger partial charge in [0.1, 0.15) is 16.7 Å². The van der Waals surface area contributed by atoms with Crippen molar-refractivity contribution in [2.24, 2.45) is 0 Å². The van der Waals surface area contributed by atoms with Crippen LogP contribution < -0.4 is 10.6 Å². The number of carboxylic acid groups (broad SMARTS) is 1. The lowest BCUT2D eigenvalue weighted by molar-refractivity contribution is -0.384. The standard InChI is InChI=1S/C17H11ClN4O5/c18-14-5-4-12(7-15(14)22(26)27)20-9-11(8-19)16(23)21-13-3-1-2-10(6-13)17(24)25/h1-7,9,20H,(H,21,23)(H,24,25)/b11-9-. The fraction of sp³-hybridized carbons (Fsp3) is 0. The van der Waals surface area contributed by atoms with Gasteiger partial charge in [-0.1, -0.05) is 17.7 Å². The Labute approximate surface area is 157 Å². The molecule has 0 radical (unpaired) electrons. The summed E-state index contributed by atoms with van der Waals surface area (Å²) in [7, 11) is 0. The molecule has 0 bridgehead atoms. The second-order valence-electron chi connectivity index (χ2n) is 5.08. The van der Waals surface area contributed by atoms with Gasteiger partial charge in [0, 0.05) is 23.6 Å². The third-order valence-electron chi connectivity index (χ3n) is 3.26. The Morgan fingerprint density at radius 1 is 1.22 bits per heavy atom. The minimum atomic E-state index is -1.16. The van der Waals surface area contributed by atoms with E-state index >= 15 is 0 Å². The number of rotatable bonds is 6. The smallest absolute Gasteiger partial charge is 0.335 e. The molecule has 0 spiro atoms. The number of halogens is 1. The molecular weight excluding hydrogens is 376 g/mol. The zero-order valence-electron chi connectivity index (χ0n) is 13.5. The Morgan fingerprint density at radius 2 is 1.96 bits per heavy atom. The summed E-state index contributed by atoms with van der Waals surface area (Å²) in [5, 5.41) is 33.9. The zero-order valence-corrected chi connectivity index (χ0v) is 14.2. The Kier molecular flexibility index (Phi) is 6.09. The maximum absolute atomic E-state index is 12.2. The normalized spacial score (nSPS) is 10.6. The van der Waals surface area contributed by atoms with Gasteiger partial charge in [0.15, 0.2) is 0 Å². The average molecular weight is 387 g/mol. The highest BCUT2D eigenvalue weighted by Crippen LogP contribution is 2.27. The number of hydrogen-bond acceptors (Lipinski definition) is 6. The number of anilines is 2. The van der Waals surface area contributed by atoms with E-state index in [0.29, 0.717) is 0 Å². The van der Waals surface area contributed by atoms with E-state index in [-0.39, 0.29) is 33.2 Å². The van der Waals surface area contributed by atoms with Crippen molar-refractivity contribution in [1.29, 1.82) is 5.26 Å². The monoisotopic (exact) mass is 386 g/mol. The Morgan fingerprint density at radius 3 is 2.59 bits per heavy atom. The SMILES string of the molecule is N#C/C(=C/Nc1ccc(Cl)c([N+](=O)[O-])c1)C(=O)Nc1cccc(C(=O)O)c1. The van der Waals surface area contributed by atoms with Crippen LogP contribution in [0.15, 0.2) is 54.2 Å². The van der Waals surface area contributed by atoms with Crippen LogP contribution in [0.4, 0.5) is 17.1 Å². The van der Waals surface area contributed by atoms with E-state index in [0.717, 1.165) is 12.3 Å². The quantitative estimate of drug-likeness (QED) is 0.298. The summed E-state index contributed by atoms with van der Waals surface area (Å²) in [6.45, 7) is 0. The number of nitriles is 1. The molecule has 0 unspecified atom stereocenters. The number of nitrogens with zero attached hydrogens (tertiary/aromatic N) is 2. The first-order chi connectivity index (χ1) is 12.8. The Bertz CT molecular complexity index is 997. The third-order valence-corrected chi connectivity index (χ3v) is 3.58. The molecule has 0 fully saturated rings. The molecular formula is C17H11ClN4O5.